The van der Waals surface area contributed by atoms with Gasteiger partial charge < -0.3 is 14.8 Å². The Hall–Kier alpha value is -3.11. The number of aryl methyl sites for hydroxylation is 2. The lowest BCUT2D eigenvalue weighted by Gasteiger charge is -2.36. The third kappa shape index (κ3) is 3.83. The van der Waals surface area contributed by atoms with Crippen LogP contribution < -0.4 is 4.90 Å². The number of nitrogens with one attached hydrogen (secondary N) is 1. The van der Waals surface area contributed by atoms with E-state index in [9.17, 15) is 0 Å². The highest BCUT2D eigenvalue weighted by Crippen LogP contribution is 2.40. The smallest absolute Gasteiger partial charge is 0.137 e. The van der Waals surface area contributed by atoms with Crippen LogP contribution in [0.2, 0.25) is 0 Å². The molecule has 2 aliphatic rings. The Morgan fingerprint density at radius 2 is 1.45 bits per heavy atom. The van der Waals surface area contributed by atoms with E-state index in [1.165, 1.54) is 62.9 Å². The lowest BCUT2D eigenvalue weighted by Crippen LogP contribution is -2.45. The van der Waals surface area contributed by atoms with Crippen molar-refractivity contribution in [2.75, 3.05) is 38.1 Å². The highest BCUT2D eigenvalue weighted by molar-refractivity contribution is 5.96. The van der Waals surface area contributed by atoms with E-state index in [0.717, 1.165) is 31.8 Å². The molecule has 0 amide bonds. The minimum Gasteiger partial charge on any atom is -0.369 e. The van der Waals surface area contributed by atoms with Crippen molar-refractivity contribution in [2.24, 2.45) is 0 Å². The molecule has 1 aliphatic heterocycles. The summed E-state index contributed by atoms with van der Waals surface area (Å²) in [4.78, 5) is 13.1. The van der Waals surface area contributed by atoms with Crippen LogP contribution in [0, 0.1) is 19.8 Å². The number of anilines is 1. The lowest BCUT2D eigenvalue weighted by molar-refractivity contribution is 0.312. The number of piperazine rings is 1. The minimum absolute atomic E-state index is 0.942. The van der Waals surface area contributed by atoms with Crippen LogP contribution >= 0.6 is 0 Å². The average Bonchev–Trinajstić information content (AvgIpc) is 3.59. The van der Waals surface area contributed by atoms with Crippen LogP contribution in [-0.4, -0.2) is 48.1 Å². The Bertz CT molecular complexity index is 1280. The molecule has 4 nitrogen and oxygen atoms in total. The van der Waals surface area contributed by atoms with Crippen molar-refractivity contribution in [1.29, 1.82) is 0 Å². The van der Waals surface area contributed by atoms with Crippen molar-refractivity contribution in [3.63, 3.8) is 0 Å². The fourth-order valence-electron chi connectivity index (χ4n) is 5.29. The van der Waals surface area contributed by atoms with E-state index >= 15 is 0 Å². The number of H-pyrrole nitrogens is 1. The SMILES string of the molecule is Cc1cc(-c2cnc3[nH]cc(-c4ccc([C]5CC5)cc4)c3c2)cc(C)c1N1CCN(C)CC1. The predicted molar refractivity (Wildman–Crippen MR) is 138 cm³/mol. The van der Waals surface area contributed by atoms with Gasteiger partial charge in [0.15, 0.2) is 0 Å². The molecule has 1 radical (unpaired) electrons. The van der Waals surface area contributed by atoms with Crippen molar-refractivity contribution in [3.05, 3.63) is 77.5 Å². The molecule has 2 aromatic carbocycles. The Morgan fingerprint density at radius 1 is 0.788 bits per heavy atom. The number of fused-ring (bicyclic) bond motifs is 1. The molecular formula is C29H31N4. The molecule has 2 aromatic heterocycles. The molecule has 2 fully saturated rings. The Balaban J connectivity index is 1.35. The number of hydrogen-bond acceptors (Lipinski definition) is 3. The van der Waals surface area contributed by atoms with Crippen LogP contribution in [0.5, 0.6) is 0 Å². The number of pyridine rings is 1. The molecule has 1 saturated heterocycles. The van der Waals surface area contributed by atoms with Gasteiger partial charge in [-0.25, -0.2) is 4.98 Å². The number of benzene rings is 2. The summed E-state index contributed by atoms with van der Waals surface area (Å²) in [6, 6.07) is 16.0. The number of nitrogens with zero attached hydrogens (tertiary/aromatic N) is 3. The van der Waals surface area contributed by atoms with Crippen molar-refractivity contribution < 1.29 is 0 Å². The minimum atomic E-state index is 0.942. The first-order chi connectivity index (χ1) is 16.1. The molecule has 1 aliphatic carbocycles. The molecule has 33 heavy (non-hydrogen) atoms. The molecule has 4 heteroatoms. The molecule has 0 atom stereocenters. The van der Waals surface area contributed by atoms with Crippen LogP contribution in [0.3, 0.4) is 0 Å². The van der Waals surface area contributed by atoms with Gasteiger partial charge in [0.05, 0.1) is 0 Å². The summed E-state index contributed by atoms with van der Waals surface area (Å²) in [5.74, 6) is 1.58. The van der Waals surface area contributed by atoms with Gasteiger partial charge in [-0.15, -0.1) is 0 Å². The summed E-state index contributed by atoms with van der Waals surface area (Å²) in [6.45, 7) is 8.93. The Kier molecular flexibility index (Phi) is 4.99. The first-order valence-electron chi connectivity index (χ1n) is 12.0. The molecule has 1 saturated carbocycles. The van der Waals surface area contributed by atoms with Gasteiger partial charge in [-0.2, -0.15) is 0 Å². The standard InChI is InChI=1S/C29H31N4/c1-19-14-24(15-20(2)28(19)33-12-10-32(3)11-13-33)25-16-26-27(18-31-29(26)30-17-25)23-8-6-22(7-9-23)21-4-5-21/h6-9,14-18H,4-5,10-13H2,1-3H3,(H,30,31). The summed E-state index contributed by atoms with van der Waals surface area (Å²) >= 11 is 0. The second-order valence-corrected chi connectivity index (χ2v) is 9.75. The first kappa shape index (κ1) is 20.5. The molecule has 1 N–H and O–H groups in total. The van der Waals surface area contributed by atoms with E-state index in [2.05, 4.69) is 84.3 Å². The average molecular weight is 436 g/mol. The largest absolute Gasteiger partial charge is 0.369 e. The fraction of sp³-hybridized carbons (Fsp3) is 0.310. The molecule has 0 bridgehead atoms. The van der Waals surface area contributed by atoms with Crippen molar-refractivity contribution in [2.45, 2.75) is 26.7 Å². The predicted octanol–water partition coefficient (Wildman–Crippen LogP) is 5.98. The first-order valence-corrected chi connectivity index (χ1v) is 12.0. The molecular weight excluding hydrogens is 404 g/mol. The van der Waals surface area contributed by atoms with Gasteiger partial charge in [0, 0.05) is 66.7 Å². The highest BCUT2D eigenvalue weighted by Gasteiger charge is 2.24. The molecule has 0 unspecified atom stereocenters. The number of rotatable bonds is 4. The molecule has 167 valence electrons. The van der Waals surface area contributed by atoms with Gasteiger partial charge in [-0.1, -0.05) is 24.3 Å². The highest BCUT2D eigenvalue weighted by atomic mass is 15.2. The van der Waals surface area contributed by atoms with Crippen LogP contribution in [0.1, 0.15) is 29.5 Å². The van der Waals surface area contributed by atoms with Crippen LogP contribution in [0.15, 0.2) is 54.9 Å². The second kappa shape index (κ2) is 8.03. The maximum atomic E-state index is 4.76. The molecule has 4 aromatic rings. The second-order valence-electron chi connectivity index (χ2n) is 9.75. The fourth-order valence-corrected chi connectivity index (χ4v) is 5.29. The summed E-state index contributed by atoms with van der Waals surface area (Å²) in [7, 11) is 2.21. The zero-order valence-corrected chi connectivity index (χ0v) is 19.8. The molecule has 3 heterocycles. The summed E-state index contributed by atoms with van der Waals surface area (Å²) < 4.78 is 0. The maximum Gasteiger partial charge on any atom is 0.137 e. The van der Waals surface area contributed by atoms with E-state index in [4.69, 9.17) is 4.98 Å². The van der Waals surface area contributed by atoms with E-state index < -0.39 is 0 Å². The monoisotopic (exact) mass is 435 g/mol. The van der Waals surface area contributed by atoms with Crippen molar-refractivity contribution in [1.82, 2.24) is 14.9 Å². The van der Waals surface area contributed by atoms with Gasteiger partial charge in [0.25, 0.3) is 0 Å². The van der Waals surface area contributed by atoms with E-state index in [0.29, 0.717) is 0 Å². The van der Waals surface area contributed by atoms with Crippen LogP contribution in [0.25, 0.3) is 33.3 Å². The third-order valence-corrected chi connectivity index (χ3v) is 7.28. The normalized spacial score (nSPS) is 17.1. The maximum absolute atomic E-state index is 4.76. The number of likely N-dealkylation sites (N-methyl/N-ethyl adjacent to an activating group) is 1. The number of hydrogen-bond donors (Lipinski definition) is 1. The Morgan fingerprint density at radius 3 is 2.12 bits per heavy atom. The molecule has 6 rings (SSSR count). The number of aromatic nitrogens is 2. The van der Waals surface area contributed by atoms with E-state index in [1.54, 1.807) is 5.92 Å². The quantitative estimate of drug-likeness (QED) is 0.428. The summed E-state index contributed by atoms with van der Waals surface area (Å²) in [6.07, 6.45) is 6.60. The lowest BCUT2D eigenvalue weighted by atomic mass is 9.97. The topological polar surface area (TPSA) is 35.2 Å². The van der Waals surface area contributed by atoms with Gasteiger partial charge in [0.2, 0.25) is 0 Å². The van der Waals surface area contributed by atoms with Gasteiger partial charge in [-0.05, 0) is 79.8 Å². The Labute approximate surface area is 196 Å². The third-order valence-electron chi connectivity index (χ3n) is 7.28. The molecule has 0 spiro atoms. The zero-order valence-electron chi connectivity index (χ0n) is 19.8. The van der Waals surface area contributed by atoms with Gasteiger partial charge >= 0.3 is 0 Å². The van der Waals surface area contributed by atoms with E-state index in [1.807, 2.05) is 6.20 Å². The van der Waals surface area contributed by atoms with Gasteiger partial charge in [-0.3, -0.25) is 0 Å². The van der Waals surface area contributed by atoms with Crippen molar-refractivity contribution >= 4 is 16.7 Å². The van der Waals surface area contributed by atoms with Gasteiger partial charge in [0.1, 0.15) is 5.65 Å². The van der Waals surface area contributed by atoms with E-state index in [-0.39, 0.29) is 0 Å². The summed E-state index contributed by atoms with van der Waals surface area (Å²) in [5, 5.41) is 1.18. The zero-order chi connectivity index (χ0) is 22.5. The number of aromatic amines is 1. The van der Waals surface area contributed by atoms with Crippen molar-refractivity contribution in [3.8, 4) is 22.3 Å². The summed E-state index contributed by atoms with van der Waals surface area (Å²) in [5.41, 5.74) is 11.3. The van der Waals surface area contributed by atoms with Crippen LogP contribution in [0.4, 0.5) is 5.69 Å². The van der Waals surface area contributed by atoms with Crippen LogP contribution in [-0.2, 0) is 0 Å².